The number of para-hydroxylation sites is 1. The van der Waals surface area contributed by atoms with Crippen molar-refractivity contribution in [2.75, 3.05) is 38.1 Å². The van der Waals surface area contributed by atoms with E-state index in [1.165, 1.54) is 11.3 Å². The molecule has 2 aromatic rings. The highest BCUT2D eigenvalue weighted by atomic mass is 16.1. The lowest BCUT2D eigenvalue weighted by atomic mass is 10.1. The highest BCUT2D eigenvalue weighted by Crippen LogP contribution is 2.17. The first-order valence-corrected chi connectivity index (χ1v) is 8.09. The Labute approximate surface area is 137 Å². The number of piperazine rings is 1. The number of carbonyl (C=O) groups excluding carboxylic acids is 1. The van der Waals surface area contributed by atoms with Gasteiger partial charge in [0.15, 0.2) is 0 Å². The molecule has 0 atom stereocenters. The number of benzene rings is 2. The lowest BCUT2D eigenvalue weighted by molar-refractivity contribution is 0.0963. The molecule has 4 nitrogen and oxygen atoms in total. The van der Waals surface area contributed by atoms with Gasteiger partial charge in [-0.2, -0.15) is 0 Å². The molecule has 23 heavy (non-hydrogen) atoms. The molecule has 0 saturated carbocycles. The number of amides is 1. The number of nitrogens with zero attached hydrogens (tertiary/aromatic N) is 2. The normalized spacial score (nSPS) is 15.4. The van der Waals surface area contributed by atoms with E-state index in [0.717, 1.165) is 32.7 Å². The molecular weight excluding hydrogens is 286 g/mol. The monoisotopic (exact) mass is 309 g/mol. The van der Waals surface area contributed by atoms with Gasteiger partial charge < -0.3 is 10.2 Å². The third-order valence-corrected chi connectivity index (χ3v) is 4.34. The van der Waals surface area contributed by atoms with Gasteiger partial charge >= 0.3 is 0 Å². The molecule has 1 aliphatic heterocycles. The van der Waals surface area contributed by atoms with Crippen LogP contribution in [0.4, 0.5) is 5.69 Å². The summed E-state index contributed by atoms with van der Waals surface area (Å²) >= 11 is 0. The first-order valence-electron chi connectivity index (χ1n) is 8.09. The molecule has 0 aliphatic carbocycles. The van der Waals surface area contributed by atoms with Crippen LogP contribution in [0.1, 0.15) is 15.9 Å². The number of carbonyl (C=O) groups is 1. The quantitative estimate of drug-likeness (QED) is 0.942. The van der Waals surface area contributed by atoms with Crippen molar-refractivity contribution in [2.45, 2.75) is 6.54 Å². The van der Waals surface area contributed by atoms with Crippen molar-refractivity contribution in [3.63, 3.8) is 0 Å². The first kappa shape index (κ1) is 15.6. The summed E-state index contributed by atoms with van der Waals surface area (Å²) in [6.45, 7) is 5.18. The van der Waals surface area contributed by atoms with Crippen molar-refractivity contribution < 1.29 is 4.79 Å². The van der Waals surface area contributed by atoms with Crippen LogP contribution in [0.5, 0.6) is 0 Å². The van der Waals surface area contributed by atoms with E-state index in [2.05, 4.69) is 45.4 Å². The molecule has 120 valence electrons. The summed E-state index contributed by atoms with van der Waals surface area (Å²) in [7, 11) is 1.66. The predicted octanol–water partition coefficient (Wildman–Crippen LogP) is 2.37. The maximum Gasteiger partial charge on any atom is 0.251 e. The molecule has 0 radical (unpaired) electrons. The largest absolute Gasteiger partial charge is 0.369 e. The van der Waals surface area contributed by atoms with Crippen LogP contribution in [0.15, 0.2) is 54.6 Å². The maximum absolute atomic E-state index is 11.6. The Morgan fingerprint density at radius 1 is 0.957 bits per heavy atom. The Hall–Kier alpha value is -2.33. The van der Waals surface area contributed by atoms with E-state index in [9.17, 15) is 4.79 Å². The lowest BCUT2D eigenvalue weighted by Crippen LogP contribution is -2.45. The molecule has 1 aliphatic rings. The molecule has 1 fully saturated rings. The summed E-state index contributed by atoms with van der Waals surface area (Å²) in [5.74, 6) is -0.0342. The standard InChI is InChI=1S/C19H23N3O/c1-20-19(23)17-9-7-16(8-10-17)15-21-11-13-22(14-12-21)18-5-3-2-4-6-18/h2-10H,11-15H2,1H3,(H,20,23). The smallest absolute Gasteiger partial charge is 0.251 e. The van der Waals surface area contributed by atoms with E-state index in [4.69, 9.17) is 0 Å². The summed E-state index contributed by atoms with van der Waals surface area (Å²) in [5, 5.41) is 2.65. The van der Waals surface area contributed by atoms with Gasteiger partial charge in [-0.15, -0.1) is 0 Å². The van der Waals surface area contributed by atoms with E-state index < -0.39 is 0 Å². The van der Waals surface area contributed by atoms with Gasteiger partial charge in [-0.25, -0.2) is 0 Å². The number of anilines is 1. The van der Waals surface area contributed by atoms with Gasteiger partial charge in [0.1, 0.15) is 0 Å². The van der Waals surface area contributed by atoms with E-state index in [1.807, 2.05) is 24.3 Å². The predicted molar refractivity (Wildman–Crippen MR) is 93.8 cm³/mol. The molecule has 4 heteroatoms. The molecule has 1 heterocycles. The van der Waals surface area contributed by atoms with Gasteiger partial charge in [0.2, 0.25) is 0 Å². The van der Waals surface area contributed by atoms with Crippen LogP contribution in [0, 0.1) is 0 Å². The molecule has 0 bridgehead atoms. The lowest BCUT2D eigenvalue weighted by Gasteiger charge is -2.36. The van der Waals surface area contributed by atoms with Crippen molar-refractivity contribution in [2.24, 2.45) is 0 Å². The van der Waals surface area contributed by atoms with Gasteiger partial charge in [0.25, 0.3) is 5.91 Å². The van der Waals surface area contributed by atoms with Gasteiger partial charge in [-0.3, -0.25) is 9.69 Å². The van der Waals surface area contributed by atoms with Crippen LogP contribution in [-0.2, 0) is 6.54 Å². The highest BCUT2D eigenvalue weighted by molar-refractivity contribution is 5.93. The fourth-order valence-corrected chi connectivity index (χ4v) is 2.97. The number of rotatable bonds is 4. The minimum absolute atomic E-state index is 0.0342. The average molecular weight is 309 g/mol. The Balaban J connectivity index is 1.53. The van der Waals surface area contributed by atoms with Crippen molar-refractivity contribution in [1.82, 2.24) is 10.2 Å². The Morgan fingerprint density at radius 3 is 2.22 bits per heavy atom. The summed E-state index contributed by atoms with van der Waals surface area (Å²) < 4.78 is 0. The second-order valence-electron chi connectivity index (χ2n) is 5.87. The minimum Gasteiger partial charge on any atom is -0.369 e. The van der Waals surface area contributed by atoms with Crippen molar-refractivity contribution in [1.29, 1.82) is 0 Å². The zero-order valence-electron chi connectivity index (χ0n) is 13.5. The SMILES string of the molecule is CNC(=O)c1ccc(CN2CCN(c3ccccc3)CC2)cc1. The second-order valence-corrected chi connectivity index (χ2v) is 5.87. The average Bonchev–Trinajstić information content (AvgIpc) is 2.63. The van der Waals surface area contributed by atoms with Gasteiger partial charge in [-0.1, -0.05) is 30.3 Å². The van der Waals surface area contributed by atoms with Crippen LogP contribution in [0.3, 0.4) is 0 Å². The van der Waals surface area contributed by atoms with Gasteiger partial charge in [-0.05, 0) is 29.8 Å². The molecule has 1 saturated heterocycles. The van der Waals surface area contributed by atoms with E-state index in [-0.39, 0.29) is 5.91 Å². The molecule has 2 aromatic carbocycles. The van der Waals surface area contributed by atoms with Gasteiger partial charge in [0.05, 0.1) is 0 Å². The van der Waals surface area contributed by atoms with E-state index in [0.29, 0.717) is 5.56 Å². The summed E-state index contributed by atoms with van der Waals surface area (Å²) in [6, 6.07) is 18.5. The van der Waals surface area contributed by atoms with Crippen LogP contribution < -0.4 is 10.2 Å². The van der Waals surface area contributed by atoms with Crippen molar-refractivity contribution in [3.8, 4) is 0 Å². The summed E-state index contributed by atoms with van der Waals surface area (Å²) in [6.07, 6.45) is 0. The zero-order chi connectivity index (χ0) is 16.1. The summed E-state index contributed by atoms with van der Waals surface area (Å²) in [4.78, 5) is 16.5. The van der Waals surface area contributed by atoms with Crippen molar-refractivity contribution >= 4 is 11.6 Å². The van der Waals surface area contributed by atoms with Crippen LogP contribution in [-0.4, -0.2) is 44.0 Å². The molecular formula is C19H23N3O. The zero-order valence-corrected chi connectivity index (χ0v) is 13.5. The molecule has 0 spiro atoms. The second kappa shape index (κ2) is 7.29. The number of hydrogen-bond donors (Lipinski definition) is 1. The molecule has 0 aromatic heterocycles. The Kier molecular flexibility index (Phi) is 4.93. The van der Waals surface area contributed by atoms with Crippen LogP contribution in [0.25, 0.3) is 0 Å². The highest BCUT2D eigenvalue weighted by Gasteiger charge is 2.17. The maximum atomic E-state index is 11.6. The fourth-order valence-electron chi connectivity index (χ4n) is 2.97. The number of hydrogen-bond acceptors (Lipinski definition) is 3. The van der Waals surface area contributed by atoms with Crippen LogP contribution >= 0.6 is 0 Å². The summed E-state index contributed by atoms with van der Waals surface area (Å²) in [5.41, 5.74) is 3.28. The Bertz CT molecular complexity index is 631. The van der Waals surface area contributed by atoms with Crippen molar-refractivity contribution in [3.05, 3.63) is 65.7 Å². The molecule has 3 rings (SSSR count). The van der Waals surface area contributed by atoms with Gasteiger partial charge in [0, 0.05) is 51.0 Å². The first-order chi connectivity index (χ1) is 11.3. The molecule has 1 amide bonds. The Morgan fingerprint density at radius 2 is 1.61 bits per heavy atom. The molecule has 1 N–H and O–H groups in total. The fraction of sp³-hybridized carbons (Fsp3) is 0.316. The molecule has 0 unspecified atom stereocenters. The van der Waals surface area contributed by atoms with E-state index >= 15 is 0 Å². The third-order valence-electron chi connectivity index (χ3n) is 4.34. The minimum atomic E-state index is -0.0342. The van der Waals surface area contributed by atoms with E-state index in [1.54, 1.807) is 7.05 Å². The topological polar surface area (TPSA) is 35.6 Å². The number of nitrogens with one attached hydrogen (secondary N) is 1. The van der Waals surface area contributed by atoms with Crippen LogP contribution in [0.2, 0.25) is 0 Å². The third kappa shape index (κ3) is 3.90.